The first-order chi connectivity index (χ1) is 8.06. The second kappa shape index (κ2) is 6.75. The predicted octanol–water partition coefficient (Wildman–Crippen LogP) is 5.02. The summed E-state index contributed by atoms with van der Waals surface area (Å²) in [5.74, 6) is 1.33. The summed E-state index contributed by atoms with van der Waals surface area (Å²) in [6, 6.07) is 0. The van der Waals surface area contributed by atoms with Crippen molar-refractivity contribution in [2.75, 3.05) is 6.54 Å². The van der Waals surface area contributed by atoms with Crippen molar-refractivity contribution in [1.82, 2.24) is 0 Å². The zero-order chi connectivity index (χ0) is 14.6. The van der Waals surface area contributed by atoms with Gasteiger partial charge in [0.2, 0.25) is 0 Å². The summed E-state index contributed by atoms with van der Waals surface area (Å²) >= 11 is 0. The highest BCUT2D eigenvalue weighted by molar-refractivity contribution is 5.18. The van der Waals surface area contributed by atoms with Crippen molar-refractivity contribution in [2.45, 2.75) is 68.2 Å². The molecule has 0 aliphatic carbocycles. The van der Waals surface area contributed by atoms with Gasteiger partial charge in [-0.15, -0.1) is 0 Å². The fourth-order valence-corrected chi connectivity index (χ4v) is 3.12. The lowest BCUT2D eigenvalue weighted by Crippen LogP contribution is -2.37. The molecule has 0 heterocycles. The minimum Gasteiger partial charge on any atom is -0.330 e. The van der Waals surface area contributed by atoms with Crippen molar-refractivity contribution in [3.8, 4) is 0 Å². The van der Waals surface area contributed by atoms with E-state index in [1.54, 1.807) is 5.57 Å². The molecular weight excluding hydrogens is 218 g/mol. The van der Waals surface area contributed by atoms with Gasteiger partial charge in [0.25, 0.3) is 0 Å². The largest absolute Gasteiger partial charge is 0.330 e. The first-order valence-corrected chi connectivity index (χ1v) is 7.47. The van der Waals surface area contributed by atoms with Crippen molar-refractivity contribution in [3.05, 3.63) is 11.6 Å². The second-order valence-corrected chi connectivity index (χ2v) is 7.50. The minimum absolute atomic E-state index is 0.223. The van der Waals surface area contributed by atoms with E-state index in [0.29, 0.717) is 11.3 Å². The summed E-state index contributed by atoms with van der Waals surface area (Å²) in [7, 11) is 0. The fourth-order valence-electron chi connectivity index (χ4n) is 3.12. The zero-order valence-electron chi connectivity index (χ0n) is 13.9. The number of hydrogen-bond acceptors (Lipinski definition) is 1. The van der Waals surface area contributed by atoms with Crippen LogP contribution in [0.2, 0.25) is 0 Å². The first-order valence-electron chi connectivity index (χ1n) is 7.47. The lowest BCUT2D eigenvalue weighted by Gasteiger charge is -2.46. The zero-order valence-corrected chi connectivity index (χ0v) is 13.9. The van der Waals surface area contributed by atoms with Gasteiger partial charge in [0.1, 0.15) is 0 Å². The van der Waals surface area contributed by atoms with Crippen molar-refractivity contribution in [2.24, 2.45) is 28.4 Å². The molecular formula is C17H35N. The molecule has 0 aliphatic rings. The molecule has 0 fully saturated rings. The molecule has 0 saturated heterocycles. The summed E-state index contributed by atoms with van der Waals surface area (Å²) in [6.07, 6.45) is 4.63. The SMILES string of the molecule is CC(C)CC(C)(C)C(C)(C)C(=CCCN)C(C)C. The highest BCUT2D eigenvalue weighted by atomic mass is 14.5. The third-order valence-corrected chi connectivity index (χ3v) is 4.49. The monoisotopic (exact) mass is 253 g/mol. The maximum atomic E-state index is 5.67. The maximum absolute atomic E-state index is 5.67. The minimum atomic E-state index is 0.223. The van der Waals surface area contributed by atoms with Gasteiger partial charge in [0.05, 0.1) is 0 Å². The lowest BCUT2D eigenvalue weighted by atomic mass is 9.59. The summed E-state index contributed by atoms with van der Waals surface area (Å²) in [5.41, 5.74) is 7.77. The van der Waals surface area contributed by atoms with Crippen molar-refractivity contribution >= 4 is 0 Å². The Kier molecular flexibility index (Phi) is 6.63. The van der Waals surface area contributed by atoms with E-state index in [1.165, 1.54) is 6.42 Å². The van der Waals surface area contributed by atoms with Gasteiger partial charge < -0.3 is 5.73 Å². The Hall–Kier alpha value is -0.300. The van der Waals surface area contributed by atoms with E-state index in [0.717, 1.165) is 18.9 Å². The van der Waals surface area contributed by atoms with E-state index in [-0.39, 0.29) is 5.41 Å². The van der Waals surface area contributed by atoms with Crippen LogP contribution in [0.25, 0.3) is 0 Å². The Labute approximate surface area is 115 Å². The third-order valence-electron chi connectivity index (χ3n) is 4.49. The number of nitrogens with two attached hydrogens (primary N) is 1. The van der Waals surface area contributed by atoms with Gasteiger partial charge in [0.15, 0.2) is 0 Å². The molecule has 0 aromatic carbocycles. The van der Waals surface area contributed by atoms with Gasteiger partial charge >= 0.3 is 0 Å². The Balaban J connectivity index is 5.28. The van der Waals surface area contributed by atoms with Crippen LogP contribution in [0.4, 0.5) is 0 Å². The van der Waals surface area contributed by atoms with Gasteiger partial charge in [-0.2, -0.15) is 0 Å². The fraction of sp³-hybridized carbons (Fsp3) is 0.882. The summed E-state index contributed by atoms with van der Waals surface area (Å²) in [4.78, 5) is 0. The topological polar surface area (TPSA) is 26.0 Å². The van der Waals surface area contributed by atoms with Gasteiger partial charge in [-0.1, -0.05) is 67.0 Å². The summed E-state index contributed by atoms with van der Waals surface area (Å²) in [6.45, 7) is 19.6. The molecule has 1 nitrogen and oxygen atoms in total. The normalized spacial score (nSPS) is 14.7. The molecule has 0 atom stereocenters. The Morgan fingerprint density at radius 2 is 1.56 bits per heavy atom. The molecule has 0 rings (SSSR count). The maximum Gasteiger partial charge on any atom is -0.00425 e. The standard InChI is InChI=1S/C17H35N/c1-13(2)12-16(5,6)17(7,8)15(14(3)4)10-9-11-18/h10,13-14H,9,11-12,18H2,1-8H3. The highest BCUT2D eigenvalue weighted by Crippen LogP contribution is 2.50. The van der Waals surface area contributed by atoms with Crippen LogP contribution in [0.5, 0.6) is 0 Å². The Morgan fingerprint density at radius 1 is 1.06 bits per heavy atom. The van der Waals surface area contributed by atoms with Crippen LogP contribution in [-0.2, 0) is 0 Å². The van der Waals surface area contributed by atoms with Crippen LogP contribution in [0.1, 0.15) is 68.2 Å². The molecule has 18 heavy (non-hydrogen) atoms. The molecule has 0 aliphatic heterocycles. The van der Waals surface area contributed by atoms with Crippen LogP contribution in [0, 0.1) is 22.7 Å². The molecule has 0 unspecified atom stereocenters. The summed E-state index contributed by atoms with van der Waals surface area (Å²) < 4.78 is 0. The molecule has 108 valence electrons. The van der Waals surface area contributed by atoms with Crippen molar-refractivity contribution < 1.29 is 0 Å². The van der Waals surface area contributed by atoms with E-state index in [1.807, 2.05) is 0 Å². The molecule has 2 N–H and O–H groups in total. The molecule has 1 heteroatoms. The van der Waals surface area contributed by atoms with Gasteiger partial charge in [-0.25, -0.2) is 0 Å². The average molecular weight is 253 g/mol. The Bertz CT molecular complexity index is 269. The lowest BCUT2D eigenvalue weighted by molar-refractivity contribution is 0.109. The molecule has 0 aromatic heterocycles. The molecule has 0 amide bonds. The molecule has 0 bridgehead atoms. The molecule has 0 spiro atoms. The van der Waals surface area contributed by atoms with Gasteiger partial charge in [-0.05, 0) is 42.1 Å². The molecule has 0 radical (unpaired) electrons. The van der Waals surface area contributed by atoms with Crippen molar-refractivity contribution in [1.29, 1.82) is 0 Å². The van der Waals surface area contributed by atoms with E-state index < -0.39 is 0 Å². The van der Waals surface area contributed by atoms with Crippen LogP contribution >= 0.6 is 0 Å². The molecule has 0 saturated carbocycles. The molecule has 0 aromatic rings. The van der Waals surface area contributed by atoms with Gasteiger partial charge in [-0.3, -0.25) is 0 Å². The van der Waals surface area contributed by atoms with Crippen LogP contribution < -0.4 is 5.73 Å². The van der Waals surface area contributed by atoms with Crippen molar-refractivity contribution in [3.63, 3.8) is 0 Å². The summed E-state index contributed by atoms with van der Waals surface area (Å²) in [5, 5.41) is 0. The highest BCUT2D eigenvalue weighted by Gasteiger charge is 2.40. The van der Waals surface area contributed by atoms with E-state index >= 15 is 0 Å². The first kappa shape index (κ1) is 17.7. The van der Waals surface area contributed by atoms with Crippen LogP contribution in [0.3, 0.4) is 0 Å². The van der Waals surface area contributed by atoms with Crippen LogP contribution in [-0.4, -0.2) is 6.54 Å². The van der Waals surface area contributed by atoms with E-state index in [9.17, 15) is 0 Å². The van der Waals surface area contributed by atoms with Gasteiger partial charge in [0, 0.05) is 0 Å². The average Bonchev–Trinajstić information content (AvgIpc) is 2.14. The Morgan fingerprint density at radius 3 is 1.89 bits per heavy atom. The number of allylic oxidation sites excluding steroid dienone is 1. The smallest absolute Gasteiger partial charge is 0.00425 e. The number of rotatable bonds is 7. The predicted molar refractivity (Wildman–Crippen MR) is 83.6 cm³/mol. The number of hydrogen-bond donors (Lipinski definition) is 1. The quantitative estimate of drug-likeness (QED) is 0.634. The third kappa shape index (κ3) is 4.42. The van der Waals surface area contributed by atoms with E-state index in [4.69, 9.17) is 5.73 Å². The van der Waals surface area contributed by atoms with Crippen LogP contribution in [0.15, 0.2) is 11.6 Å². The van der Waals surface area contributed by atoms with E-state index in [2.05, 4.69) is 61.5 Å². The second-order valence-electron chi connectivity index (χ2n) is 7.50.